The van der Waals surface area contributed by atoms with Crippen LogP contribution in [0.15, 0.2) is 60.2 Å². The van der Waals surface area contributed by atoms with Crippen LogP contribution in [0.3, 0.4) is 0 Å². The predicted molar refractivity (Wildman–Crippen MR) is 75.2 cm³/mol. The average Bonchev–Trinajstić information content (AvgIpc) is 2.48. The zero-order chi connectivity index (χ0) is 12.3. The standard InChI is InChI=1S/C17H20/c1-4-8-14-11-12-15-9-6-7-10-17(15)13(3)16(14)5-2/h4-10,13H,2,11-12H2,1,3H3/b8-4-. The van der Waals surface area contributed by atoms with Crippen LogP contribution in [0.1, 0.15) is 37.3 Å². The molecule has 17 heavy (non-hydrogen) atoms. The molecule has 0 bridgehead atoms. The Morgan fingerprint density at radius 3 is 2.71 bits per heavy atom. The van der Waals surface area contributed by atoms with Crippen LogP contribution >= 0.6 is 0 Å². The van der Waals surface area contributed by atoms with E-state index in [0.717, 1.165) is 12.8 Å². The molecule has 0 nitrogen and oxygen atoms in total. The van der Waals surface area contributed by atoms with E-state index in [9.17, 15) is 0 Å². The van der Waals surface area contributed by atoms with Gasteiger partial charge in [0.05, 0.1) is 0 Å². The molecule has 0 aliphatic heterocycles. The fourth-order valence-corrected chi connectivity index (χ4v) is 2.73. The Bertz CT molecular complexity index is 475. The number of hydrogen-bond acceptors (Lipinski definition) is 0. The molecule has 0 saturated heterocycles. The Balaban J connectivity index is 2.52. The third-order valence-electron chi connectivity index (χ3n) is 3.61. The first-order valence-corrected chi connectivity index (χ1v) is 6.34. The van der Waals surface area contributed by atoms with Crippen LogP contribution < -0.4 is 0 Å². The Kier molecular flexibility index (Phi) is 3.63. The van der Waals surface area contributed by atoms with Crippen LogP contribution in [-0.4, -0.2) is 0 Å². The van der Waals surface area contributed by atoms with Gasteiger partial charge in [-0.25, -0.2) is 0 Å². The first-order valence-electron chi connectivity index (χ1n) is 6.34. The van der Waals surface area contributed by atoms with Crippen LogP contribution in [0, 0.1) is 0 Å². The van der Waals surface area contributed by atoms with Gasteiger partial charge in [-0.05, 0) is 42.0 Å². The maximum absolute atomic E-state index is 3.99. The van der Waals surface area contributed by atoms with Crippen molar-refractivity contribution in [3.63, 3.8) is 0 Å². The lowest BCUT2D eigenvalue weighted by molar-refractivity contribution is 0.910. The molecule has 1 aromatic carbocycles. The molecule has 0 fully saturated rings. The van der Waals surface area contributed by atoms with Gasteiger partial charge in [0.2, 0.25) is 0 Å². The molecule has 0 amide bonds. The second-order valence-electron chi connectivity index (χ2n) is 4.61. The van der Waals surface area contributed by atoms with Crippen molar-refractivity contribution < 1.29 is 0 Å². The average molecular weight is 224 g/mol. The van der Waals surface area contributed by atoms with Gasteiger partial charge in [-0.15, -0.1) is 0 Å². The Morgan fingerprint density at radius 1 is 1.24 bits per heavy atom. The van der Waals surface area contributed by atoms with Crippen molar-refractivity contribution in [1.82, 2.24) is 0 Å². The van der Waals surface area contributed by atoms with Crippen molar-refractivity contribution in [1.29, 1.82) is 0 Å². The Labute approximate surface area is 104 Å². The SMILES string of the molecule is C=CC1=C(/C=C\C)CCc2ccccc2C1C. The Hall–Kier alpha value is -1.56. The van der Waals surface area contributed by atoms with Crippen molar-refractivity contribution in [3.8, 4) is 0 Å². The van der Waals surface area contributed by atoms with E-state index in [2.05, 4.69) is 56.8 Å². The smallest absolute Gasteiger partial charge is 0.00662 e. The van der Waals surface area contributed by atoms with Gasteiger partial charge in [0.15, 0.2) is 0 Å². The highest BCUT2D eigenvalue weighted by Gasteiger charge is 2.19. The highest BCUT2D eigenvalue weighted by molar-refractivity contribution is 5.46. The van der Waals surface area contributed by atoms with E-state index in [1.165, 1.54) is 22.3 Å². The van der Waals surface area contributed by atoms with E-state index in [1.54, 1.807) is 0 Å². The minimum Gasteiger partial charge on any atom is -0.0988 e. The molecule has 0 radical (unpaired) electrons. The second-order valence-corrected chi connectivity index (χ2v) is 4.61. The zero-order valence-electron chi connectivity index (χ0n) is 10.7. The number of hydrogen-bond donors (Lipinski definition) is 0. The monoisotopic (exact) mass is 224 g/mol. The third kappa shape index (κ3) is 2.26. The van der Waals surface area contributed by atoms with Gasteiger partial charge in [0, 0.05) is 5.92 Å². The number of allylic oxidation sites excluding steroid dienone is 5. The van der Waals surface area contributed by atoms with Crippen LogP contribution in [0.4, 0.5) is 0 Å². The highest BCUT2D eigenvalue weighted by atomic mass is 14.2. The summed E-state index contributed by atoms with van der Waals surface area (Å²) < 4.78 is 0. The number of fused-ring (bicyclic) bond motifs is 1. The van der Waals surface area contributed by atoms with Gasteiger partial charge in [-0.1, -0.05) is 56.0 Å². The first kappa shape index (κ1) is 11.9. The quantitative estimate of drug-likeness (QED) is 0.677. The topological polar surface area (TPSA) is 0 Å². The summed E-state index contributed by atoms with van der Waals surface area (Å²) in [5.41, 5.74) is 5.76. The molecule has 0 N–H and O–H groups in total. The van der Waals surface area contributed by atoms with Crippen molar-refractivity contribution in [3.05, 3.63) is 71.3 Å². The lowest BCUT2D eigenvalue weighted by atomic mass is 9.89. The molecule has 0 aromatic heterocycles. The first-order chi connectivity index (χ1) is 8.27. The van der Waals surface area contributed by atoms with Gasteiger partial charge in [-0.2, -0.15) is 0 Å². The summed E-state index contributed by atoms with van der Waals surface area (Å²) >= 11 is 0. The largest absolute Gasteiger partial charge is 0.0988 e. The molecule has 0 heterocycles. The van der Waals surface area contributed by atoms with E-state index in [1.807, 2.05) is 6.08 Å². The van der Waals surface area contributed by atoms with Gasteiger partial charge in [-0.3, -0.25) is 0 Å². The summed E-state index contributed by atoms with van der Waals surface area (Å²) in [5, 5.41) is 0. The lowest BCUT2D eigenvalue weighted by Gasteiger charge is -2.15. The lowest BCUT2D eigenvalue weighted by Crippen LogP contribution is -1.98. The molecule has 1 unspecified atom stereocenters. The van der Waals surface area contributed by atoms with Crippen molar-refractivity contribution in [2.45, 2.75) is 32.6 Å². The molecular formula is C17H20. The molecule has 88 valence electrons. The maximum atomic E-state index is 3.99. The van der Waals surface area contributed by atoms with E-state index >= 15 is 0 Å². The maximum Gasteiger partial charge on any atom is 0.00662 e. The van der Waals surface area contributed by atoms with Gasteiger partial charge in [0.25, 0.3) is 0 Å². The van der Waals surface area contributed by atoms with E-state index in [4.69, 9.17) is 0 Å². The van der Waals surface area contributed by atoms with Crippen LogP contribution in [0.5, 0.6) is 0 Å². The number of benzene rings is 1. The summed E-state index contributed by atoms with van der Waals surface area (Å²) in [6.45, 7) is 8.35. The normalized spacial score (nSPS) is 20.2. The van der Waals surface area contributed by atoms with E-state index < -0.39 is 0 Å². The van der Waals surface area contributed by atoms with Crippen molar-refractivity contribution in [2.24, 2.45) is 0 Å². The number of rotatable bonds is 2. The van der Waals surface area contributed by atoms with Crippen LogP contribution in [0.25, 0.3) is 0 Å². The highest BCUT2D eigenvalue weighted by Crippen LogP contribution is 2.35. The summed E-state index contributed by atoms with van der Waals surface area (Å²) in [6, 6.07) is 8.78. The second kappa shape index (κ2) is 5.18. The zero-order valence-corrected chi connectivity index (χ0v) is 10.7. The molecule has 0 saturated carbocycles. The summed E-state index contributed by atoms with van der Waals surface area (Å²) in [4.78, 5) is 0. The third-order valence-corrected chi connectivity index (χ3v) is 3.61. The minimum absolute atomic E-state index is 0.456. The van der Waals surface area contributed by atoms with Gasteiger partial charge >= 0.3 is 0 Å². The summed E-state index contributed by atoms with van der Waals surface area (Å²) in [7, 11) is 0. The summed E-state index contributed by atoms with van der Waals surface area (Å²) in [6.07, 6.45) is 8.65. The van der Waals surface area contributed by atoms with Gasteiger partial charge in [0.1, 0.15) is 0 Å². The fourth-order valence-electron chi connectivity index (χ4n) is 2.73. The van der Waals surface area contributed by atoms with E-state index in [0.29, 0.717) is 5.92 Å². The Morgan fingerprint density at radius 2 is 2.00 bits per heavy atom. The molecule has 1 atom stereocenters. The van der Waals surface area contributed by atoms with Crippen molar-refractivity contribution >= 4 is 0 Å². The molecule has 0 spiro atoms. The number of aryl methyl sites for hydroxylation is 1. The van der Waals surface area contributed by atoms with Gasteiger partial charge < -0.3 is 0 Å². The minimum atomic E-state index is 0.456. The molecule has 0 heteroatoms. The molecule has 2 rings (SSSR count). The molecule has 1 aliphatic carbocycles. The molecular weight excluding hydrogens is 204 g/mol. The molecule has 1 aromatic rings. The van der Waals surface area contributed by atoms with Crippen LogP contribution in [0.2, 0.25) is 0 Å². The predicted octanol–water partition coefficient (Wildman–Crippen LogP) is 4.80. The molecule has 1 aliphatic rings. The van der Waals surface area contributed by atoms with Crippen molar-refractivity contribution in [2.75, 3.05) is 0 Å². The summed E-state index contributed by atoms with van der Waals surface area (Å²) in [5.74, 6) is 0.456. The van der Waals surface area contributed by atoms with E-state index in [-0.39, 0.29) is 0 Å². The fraction of sp³-hybridized carbons (Fsp3) is 0.294. The van der Waals surface area contributed by atoms with Crippen LogP contribution in [-0.2, 0) is 6.42 Å².